The van der Waals surface area contributed by atoms with Crippen molar-refractivity contribution in [2.75, 3.05) is 0 Å². The summed E-state index contributed by atoms with van der Waals surface area (Å²) in [5.41, 5.74) is 0.676. The maximum absolute atomic E-state index is 10.8. The molecule has 5 heteroatoms. The second kappa shape index (κ2) is 4.74. The molecule has 0 fully saturated rings. The Labute approximate surface area is 77.4 Å². The van der Waals surface area contributed by atoms with Gasteiger partial charge in [0.25, 0.3) is 0 Å². The predicted octanol–water partition coefficient (Wildman–Crippen LogP) is 0.458. The summed E-state index contributed by atoms with van der Waals surface area (Å²) in [5, 5.41) is 4.93. The zero-order chi connectivity index (χ0) is 10.5. The molecule has 13 heavy (non-hydrogen) atoms. The number of hydrogen-bond donors (Lipinski definition) is 1. The SMILES string of the molecule is C=O.Cc1ccccc1S(N)(=O)=O. The van der Waals surface area contributed by atoms with E-state index in [2.05, 4.69) is 0 Å². The van der Waals surface area contributed by atoms with Crippen LogP contribution in [0.5, 0.6) is 0 Å². The summed E-state index contributed by atoms with van der Waals surface area (Å²) in [7, 11) is -3.53. The lowest BCUT2D eigenvalue weighted by Crippen LogP contribution is -2.13. The van der Waals surface area contributed by atoms with Crippen molar-refractivity contribution in [1.82, 2.24) is 0 Å². The van der Waals surface area contributed by atoms with Crippen molar-refractivity contribution < 1.29 is 13.2 Å². The van der Waals surface area contributed by atoms with Crippen LogP contribution < -0.4 is 5.14 Å². The van der Waals surface area contributed by atoms with Crippen LogP contribution >= 0.6 is 0 Å². The van der Waals surface area contributed by atoms with Crippen molar-refractivity contribution in [2.45, 2.75) is 11.8 Å². The molecule has 0 unspecified atom stereocenters. The van der Waals surface area contributed by atoms with Gasteiger partial charge in [0.1, 0.15) is 6.79 Å². The largest absolute Gasteiger partial charge is 0.307 e. The molecule has 0 aromatic heterocycles. The average Bonchev–Trinajstić information content (AvgIpc) is 2.07. The maximum atomic E-state index is 10.8. The minimum Gasteiger partial charge on any atom is -0.307 e. The molecule has 0 heterocycles. The lowest BCUT2D eigenvalue weighted by molar-refractivity contribution is -0.0979. The molecule has 0 amide bonds. The third-order valence-corrected chi connectivity index (χ3v) is 2.47. The van der Waals surface area contributed by atoms with Gasteiger partial charge in [-0.15, -0.1) is 0 Å². The molecule has 0 saturated heterocycles. The zero-order valence-corrected chi connectivity index (χ0v) is 8.04. The third kappa shape index (κ3) is 3.35. The van der Waals surface area contributed by atoms with Gasteiger partial charge >= 0.3 is 0 Å². The predicted molar refractivity (Wildman–Crippen MR) is 49.7 cm³/mol. The molecule has 2 N–H and O–H groups in total. The van der Waals surface area contributed by atoms with Gasteiger partial charge in [-0.05, 0) is 18.6 Å². The molecule has 0 atom stereocenters. The van der Waals surface area contributed by atoms with Gasteiger partial charge in [-0.3, -0.25) is 0 Å². The molecule has 0 aliphatic heterocycles. The van der Waals surface area contributed by atoms with Crippen LogP contribution in [0.25, 0.3) is 0 Å². The number of carbonyl (C=O) groups excluding carboxylic acids is 1. The molecule has 0 bridgehead atoms. The van der Waals surface area contributed by atoms with Gasteiger partial charge in [-0.2, -0.15) is 0 Å². The Morgan fingerprint density at radius 3 is 2.00 bits per heavy atom. The molecule has 0 aliphatic carbocycles. The minimum atomic E-state index is -3.53. The number of hydrogen-bond acceptors (Lipinski definition) is 3. The van der Waals surface area contributed by atoms with E-state index in [0.717, 1.165) is 0 Å². The van der Waals surface area contributed by atoms with Crippen LogP contribution in [0, 0.1) is 6.92 Å². The molecule has 0 radical (unpaired) electrons. The van der Waals surface area contributed by atoms with Crippen molar-refractivity contribution in [3.05, 3.63) is 29.8 Å². The fraction of sp³-hybridized carbons (Fsp3) is 0.125. The van der Waals surface area contributed by atoms with Gasteiger partial charge in [0.05, 0.1) is 4.90 Å². The highest BCUT2D eigenvalue weighted by molar-refractivity contribution is 7.89. The van der Waals surface area contributed by atoms with E-state index in [1.165, 1.54) is 6.07 Å². The standard InChI is InChI=1S/C7H9NO2S.CH2O/c1-6-4-2-3-5-7(6)11(8,9)10;1-2/h2-5H,1H3,(H2,8,9,10);1H2. The van der Waals surface area contributed by atoms with E-state index in [0.29, 0.717) is 5.56 Å². The fourth-order valence-electron chi connectivity index (χ4n) is 0.876. The normalized spacial score (nSPS) is 10.0. The summed E-state index contributed by atoms with van der Waals surface area (Å²) in [4.78, 5) is 8.19. The first-order chi connectivity index (χ1) is 6.02. The number of carbonyl (C=O) groups is 1. The zero-order valence-electron chi connectivity index (χ0n) is 7.23. The van der Waals surface area contributed by atoms with E-state index >= 15 is 0 Å². The van der Waals surface area contributed by atoms with Gasteiger partial charge in [0, 0.05) is 0 Å². The Morgan fingerprint density at radius 2 is 1.69 bits per heavy atom. The summed E-state index contributed by atoms with van der Waals surface area (Å²) in [5.74, 6) is 0. The van der Waals surface area contributed by atoms with Crippen molar-refractivity contribution in [3.63, 3.8) is 0 Å². The molecular weight excluding hydrogens is 190 g/mol. The Hall–Kier alpha value is -1.20. The number of aryl methyl sites for hydroxylation is 1. The molecule has 4 nitrogen and oxygen atoms in total. The molecule has 0 spiro atoms. The van der Waals surface area contributed by atoms with Crippen LogP contribution in [0.2, 0.25) is 0 Å². The first-order valence-electron chi connectivity index (χ1n) is 3.39. The summed E-state index contributed by atoms with van der Waals surface area (Å²) in [6.07, 6.45) is 0. The topological polar surface area (TPSA) is 77.2 Å². The quantitative estimate of drug-likeness (QED) is 0.717. The second-order valence-electron chi connectivity index (χ2n) is 2.31. The fourth-order valence-corrected chi connectivity index (χ4v) is 1.66. The summed E-state index contributed by atoms with van der Waals surface area (Å²) >= 11 is 0. The van der Waals surface area contributed by atoms with Crippen molar-refractivity contribution in [2.24, 2.45) is 5.14 Å². The number of rotatable bonds is 1. The molecule has 1 aromatic rings. The number of primary sulfonamides is 1. The monoisotopic (exact) mass is 201 g/mol. The Morgan fingerprint density at radius 1 is 1.23 bits per heavy atom. The van der Waals surface area contributed by atoms with Crippen LogP contribution in [-0.2, 0) is 14.8 Å². The Kier molecular flexibility index (Phi) is 4.30. The highest BCUT2D eigenvalue weighted by atomic mass is 32.2. The van der Waals surface area contributed by atoms with Gasteiger partial charge in [0.15, 0.2) is 0 Å². The smallest absolute Gasteiger partial charge is 0.238 e. The first kappa shape index (κ1) is 11.8. The van der Waals surface area contributed by atoms with Crippen molar-refractivity contribution >= 4 is 16.8 Å². The highest BCUT2D eigenvalue weighted by Crippen LogP contribution is 2.10. The van der Waals surface area contributed by atoms with E-state index in [4.69, 9.17) is 9.93 Å². The average molecular weight is 201 g/mol. The van der Waals surface area contributed by atoms with Crippen LogP contribution in [0.3, 0.4) is 0 Å². The molecular formula is C8H11NO3S. The van der Waals surface area contributed by atoms with Crippen molar-refractivity contribution in [3.8, 4) is 0 Å². The molecule has 0 aliphatic rings. The third-order valence-electron chi connectivity index (χ3n) is 1.40. The summed E-state index contributed by atoms with van der Waals surface area (Å²) < 4.78 is 21.7. The number of nitrogens with two attached hydrogens (primary N) is 1. The van der Waals surface area contributed by atoms with Gasteiger partial charge in [-0.25, -0.2) is 13.6 Å². The highest BCUT2D eigenvalue weighted by Gasteiger charge is 2.08. The maximum Gasteiger partial charge on any atom is 0.238 e. The summed E-state index contributed by atoms with van der Waals surface area (Å²) in [6, 6.07) is 6.61. The lowest BCUT2D eigenvalue weighted by atomic mass is 10.2. The second-order valence-corrected chi connectivity index (χ2v) is 3.84. The molecule has 1 aromatic carbocycles. The van der Waals surface area contributed by atoms with Gasteiger partial charge in [0.2, 0.25) is 10.0 Å². The van der Waals surface area contributed by atoms with Gasteiger partial charge in [-0.1, -0.05) is 18.2 Å². The van der Waals surface area contributed by atoms with E-state index < -0.39 is 10.0 Å². The Bertz CT molecular complexity index is 373. The number of benzene rings is 1. The minimum absolute atomic E-state index is 0.194. The Balaban J connectivity index is 0.000000671. The van der Waals surface area contributed by atoms with Crippen LogP contribution in [0.4, 0.5) is 0 Å². The molecule has 72 valence electrons. The van der Waals surface area contributed by atoms with E-state index in [-0.39, 0.29) is 4.90 Å². The lowest BCUT2D eigenvalue weighted by Gasteiger charge is -2.00. The van der Waals surface area contributed by atoms with E-state index in [1.807, 2.05) is 6.79 Å². The van der Waals surface area contributed by atoms with Crippen LogP contribution in [0.1, 0.15) is 5.56 Å². The van der Waals surface area contributed by atoms with E-state index in [1.54, 1.807) is 25.1 Å². The van der Waals surface area contributed by atoms with E-state index in [9.17, 15) is 8.42 Å². The molecule has 0 saturated carbocycles. The first-order valence-corrected chi connectivity index (χ1v) is 4.94. The molecule has 1 rings (SSSR count). The van der Waals surface area contributed by atoms with Crippen LogP contribution in [-0.4, -0.2) is 15.2 Å². The summed E-state index contributed by atoms with van der Waals surface area (Å²) in [6.45, 7) is 3.71. The number of sulfonamides is 1. The van der Waals surface area contributed by atoms with Crippen molar-refractivity contribution in [1.29, 1.82) is 0 Å². The van der Waals surface area contributed by atoms with Crippen LogP contribution in [0.15, 0.2) is 29.2 Å². The van der Waals surface area contributed by atoms with Gasteiger partial charge < -0.3 is 4.79 Å².